The molecule has 1 heterocycles. The van der Waals surface area contributed by atoms with Gasteiger partial charge >= 0.3 is 0 Å². The third-order valence-electron chi connectivity index (χ3n) is 5.45. The summed E-state index contributed by atoms with van der Waals surface area (Å²) < 4.78 is 10.6. The number of rotatable bonds is 6. The first kappa shape index (κ1) is 20.1. The molecule has 150 valence electrons. The largest absolute Gasteiger partial charge is 0.493 e. The molecular weight excluding hydrogens is 352 g/mol. The van der Waals surface area contributed by atoms with E-state index in [1.54, 1.807) is 14.2 Å². The van der Waals surface area contributed by atoms with Crippen molar-refractivity contribution in [1.82, 2.24) is 4.90 Å². The number of ether oxygens (including phenoxy) is 2. The fraction of sp³-hybridized carbons (Fsp3) is 0.435. The van der Waals surface area contributed by atoms with Crippen molar-refractivity contribution in [3.63, 3.8) is 0 Å². The van der Waals surface area contributed by atoms with Crippen LogP contribution in [0.25, 0.3) is 0 Å². The Morgan fingerprint density at radius 3 is 2.36 bits per heavy atom. The first-order valence-electron chi connectivity index (χ1n) is 9.89. The summed E-state index contributed by atoms with van der Waals surface area (Å²) in [5.74, 6) is 1.49. The maximum Gasteiger partial charge on any atom is 0.227 e. The number of nitrogens with zero attached hydrogens (tertiary/aromatic N) is 2. The van der Waals surface area contributed by atoms with Gasteiger partial charge in [-0.05, 0) is 42.2 Å². The standard InChI is InChI=1S/C23H30N2O3/c1-5-19-8-6-7-17(2)23(19)25-13-11-24(12-14-25)22(26)16-18-9-10-20(27-3)21(15-18)28-4/h6-10,15H,5,11-14,16H2,1-4H3. The third-order valence-corrected chi connectivity index (χ3v) is 5.45. The maximum atomic E-state index is 12.8. The van der Waals surface area contributed by atoms with E-state index in [1.165, 1.54) is 16.8 Å². The molecule has 0 spiro atoms. The molecule has 0 aliphatic carbocycles. The number of methoxy groups -OCH3 is 2. The number of anilines is 1. The van der Waals surface area contributed by atoms with E-state index < -0.39 is 0 Å². The molecule has 5 nitrogen and oxygen atoms in total. The molecule has 0 aromatic heterocycles. The topological polar surface area (TPSA) is 42.0 Å². The lowest BCUT2D eigenvalue weighted by molar-refractivity contribution is -0.130. The van der Waals surface area contributed by atoms with Gasteiger partial charge in [0, 0.05) is 31.9 Å². The van der Waals surface area contributed by atoms with Gasteiger partial charge < -0.3 is 19.3 Å². The molecule has 0 unspecified atom stereocenters. The summed E-state index contributed by atoms with van der Waals surface area (Å²) in [5.41, 5.74) is 4.98. The summed E-state index contributed by atoms with van der Waals surface area (Å²) in [7, 11) is 3.22. The highest BCUT2D eigenvalue weighted by Gasteiger charge is 2.23. The predicted octanol–water partition coefficient (Wildman–Crippen LogP) is 3.47. The van der Waals surface area contributed by atoms with E-state index in [-0.39, 0.29) is 5.91 Å². The van der Waals surface area contributed by atoms with E-state index in [4.69, 9.17) is 9.47 Å². The summed E-state index contributed by atoms with van der Waals surface area (Å²) >= 11 is 0. The fourth-order valence-corrected chi connectivity index (χ4v) is 3.91. The second-order valence-electron chi connectivity index (χ2n) is 7.17. The smallest absolute Gasteiger partial charge is 0.227 e. The van der Waals surface area contributed by atoms with E-state index in [0.717, 1.165) is 38.2 Å². The van der Waals surface area contributed by atoms with E-state index in [2.05, 4.69) is 36.9 Å². The molecule has 0 saturated carbocycles. The van der Waals surface area contributed by atoms with Crippen LogP contribution in [0.2, 0.25) is 0 Å². The van der Waals surface area contributed by atoms with Crippen molar-refractivity contribution in [2.75, 3.05) is 45.3 Å². The normalized spacial score (nSPS) is 14.1. The lowest BCUT2D eigenvalue weighted by Gasteiger charge is -2.38. The number of benzene rings is 2. The fourth-order valence-electron chi connectivity index (χ4n) is 3.91. The second-order valence-corrected chi connectivity index (χ2v) is 7.17. The number of hydrogen-bond donors (Lipinski definition) is 0. The highest BCUT2D eigenvalue weighted by Crippen LogP contribution is 2.29. The van der Waals surface area contributed by atoms with Crippen molar-refractivity contribution < 1.29 is 14.3 Å². The Kier molecular flexibility index (Phi) is 6.45. The van der Waals surface area contributed by atoms with Gasteiger partial charge in [0.1, 0.15) is 0 Å². The molecule has 0 atom stereocenters. The SMILES string of the molecule is CCc1cccc(C)c1N1CCN(C(=O)Cc2ccc(OC)c(OC)c2)CC1. The van der Waals surface area contributed by atoms with Gasteiger partial charge in [-0.15, -0.1) is 0 Å². The van der Waals surface area contributed by atoms with Gasteiger partial charge in [-0.1, -0.05) is 31.2 Å². The Bertz CT molecular complexity index is 827. The van der Waals surface area contributed by atoms with E-state index in [9.17, 15) is 4.79 Å². The molecule has 1 fully saturated rings. The van der Waals surface area contributed by atoms with E-state index in [0.29, 0.717) is 17.9 Å². The highest BCUT2D eigenvalue weighted by molar-refractivity contribution is 5.79. The van der Waals surface area contributed by atoms with Gasteiger partial charge in [0.2, 0.25) is 5.91 Å². The Hall–Kier alpha value is -2.69. The molecule has 3 rings (SSSR count). The minimum Gasteiger partial charge on any atom is -0.493 e. The first-order chi connectivity index (χ1) is 13.6. The number of amides is 1. The number of para-hydroxylation sites is 1. The van der Waals surface area contributed by atoms with Gasteiger partial charge in [-0.25, -0.2) is 0 Å². The maximum absolute atomic E-state index is 12.8. The molecule has 0 N–H and O–H groups in total. The number of carbonyl (C=O) groups is 1. The zero-order chi connectivity index (χ0) is 20.1. The van der Waals surface area contributed by atoms with E-state index >= 15 is 0 Å². The zero-order valence-electron chi connectivity index (χ0n) is 17.3. The van der Waals surface area contributed by atoms with Gasteiger partial charge in [0.05, 0.1) is 20.6 Å². The molecule has 1 amide bonds. The average Bonchev–Trinajstić information content (AvgIpc) is 2.73. The number of aryl methyl sites for hydroxylation is 2. The summed E-state index contributed by atoms with van der Waals surface area (Å²) in [4.78, 5) is 17.2. The lowest BCUT2D eigenvalue weighted by atomic mass is 10.0. The second kappa shape index (κ2) is 9.00. The molecule has 28 heavy (non-hydrogen) atoms. The molecule has 2 aromatic carbocycles. The Labute approximate surface area is 167 Å². The van der Waals surface area contributed by atoms with Gasteiger partial charge in [-0.2, -0.15) is 0 Å². The molecule has 1 aliphatic heterocycles. The van der Waals surface area contributed by atoms with E-state index in [1.807, 2.05) is 23.1 Å². The molecule has 1 aliphatic rings. The highest BCUT2D eigenvalue weighted by atomic mass is 16.5. The van der Waals surface area contributed by atoms with Crippen LogP contribution in [0.4, 0.5) is 5.69 Å². The van der Waals surface area contributed by atoms with Crippen LogP contribution in [0.15, 0.2) is 36.4 Å². The first-order valence-corrected chi connectivity index (χ1v) is 9.89. The number of piperazine rings is 1. The van der Waals surface area contributed by atoms with Crippen molar-refractivity contribution in [2.45, 2.75) is 26.7 Å². The number of carbonyl (C=O) groups excluding carboxylic acids is 1. The van der Waals surface area contributed by atoms with Gasteiger partial charge in [0.15, 0.2) is 11.5 Å². The molecule has 5 heteroatoms. The average molecular weight is 383 g/mol. The monoisotopic (exact) mass is 382 g/mol. The van der Waals surface area contributed by atoms with Crippen LogP contribution in [-0.4, -0.2) is 51.2 Å². The van der Waals surface area contributed by atoms with Crippen LogP contribution in [0.1, 0.15) is 23.6 Å². The quantitative estimate of drug-likeness (QED) is 0.767. The van der Waals surface area contributed by atoms with Crippen LogP contribution in [0, 0.1) is 6.92 Å². The summed E-state index contributed by atoms with van der Waals surface area (Å²) in [6.45, 7) is 7.61. The van der Waals surface area contributed by atoms with Crippen LogP contribution in [0.3, 0.4) is 0 Å². The van der Waals surface area contributed by atoms with Crippen molar-refractivity contribution in [3.05, 3.63) is 53.1 Å². The van der Waals surface area contributed by atoms with Crippen molar-refractivity contribution >= 4 is 11.6 Å². The van der Waals surface area contributed by atoms with Crippen LogP contribution in [0.5, 0.6) is 11.5 Å². The van der Waals surface area contributed by atoms with Crippen molar-refractivity contribution in [2.24, 2.45) is 0 Å². The summed E-state index contributed by atoms with van der Waals surface area (Å²) in [6, 6.07) is 12.2. The summed E-state index contributed by atoms with van der Waals surface area (Å²) in [6.07, 6.45) is 1.40. The molecule has 0 radical (unpaired) electrons. The minimum atomic E-state index is 0.160. The Morgan fingerprint density at radius 1 is 1.00 bits per heavy atom. The zero-order valence-corrected chi connectivity index (χ0v) is 17.3. The molecule has 0 bridgehead atoms. The Balaban J connectivity index is 1.63. The molecule has 1 saturated heterocycles. The van der Waals surface area contributed by atoms with Gasteiger partial charge in [-0.3, -0.25) is 4.79 Å². The number of hydrogen-bond acceptors (Lipinski definition) is 4. The lowest BCUT2D eigenvalue weighted by Crippen LogP contribution is -2.49. The third kappa shape index (κ3) is 4.24. The van der Waals surface area contributed by atoms with Gasteiger partial charge in [0.25, 0.3) is 0 Å². The van der Waals surface area contributed by atoms with Crippen molar-refractivity contribution in [3.8, 4) is 11.5 Å². The Morgan fingerprint density at radius 2 is 1.71 bits per heavy atom. The van der Waals surface area contributed by atoms with Crippen molar-refractivity contribution in [1.29, 1.82) is 0 Å². The molecule has 2 aromatic rings. The molecular formula is C23H30N2O3. The van der Waals surface area contributed by atoms with Crippen LogP contribution < -0.4 is 14.4 Å². The van der Waals surface area contributed by atoms with Crippen LogP contribution >= 0.6 is 0 Å². The van der Waals surface area contributed by atoms with Crippen LogP contribution in [-0.2, 0) is 17.6 Å². The predicted molar refractivity (Wildman–Crippen MR) is 113 cm³/mol. The minimum absolute atomic E-state index is 0.160. The summed E-state index contributed by atoms with van der Waals surface area (Å²) in [5, 5.41) is 0.